The summed E-state index contributed by atoms with van der Waals surface area (Å²) >= 11 is 0. The van der Waals surface area contributed by atoms with Gasteiger partial charge in [0.25, 0.3) is 0 Å². The number of carboxylic acids is 6. The Bertz CT molecular complexity index is 787. The van der Waals surface area contributed by atoms with Crippen LogP contribution < -0.4 is 0 Å². The van der Waals surface area contributed by atoms with Crippen molar-refractivity contribution in [1.29, 1.82) is 0 Å². The van der Waals surface area contributed by atoms with Gasteiger partial charge in [0.15, 0.2) is 0 Å². The van der Waals surface area contributed by atoms with E-state index in [0.29, 0.717) is 0 Å². The summed E-state index contributed by atoms with van der Waals surface area (Å²) in [5, 5.41) is 54.6. The van der Waals surface area contributed by atoms with Crippen LogP contribution in [0.4, 0.5) is 0 Å². The number of carboxylic acid groups (broad SMARTS) is 6. The number of ether oxygens (including phenoxy) is 1. The maximum Gasteiger partial charge on any atom is 0.318 e. The number of carbonyl (C=O) groups is 8. The van der Waals surface area contributed by atoms with Crippen LogP contribution in [-0.4, -0.2) is 78.4 Å². The molecule has 168 valence electrons. The molecular weight excluding hydrogens is 432 g/mol. The molecule has 6 N–H and O–H groups in total. The van der Waals surface area contributed by atoms with Crippen molar-refractivity contribution in [3.8, 4) is 0 Å². The minimum absolute atomic E-state index is 1.81. The summed E-state index contributed by atoms with van der Waals surface area (Å²) in [4.78, 5) is 92.1. The number of aliphatic carboxylic acids is 6. The molecule has 2 rings (SSSR count). The van der Waals surface area contributed by atoms with E-state index in [9.17, 15) is 38.4 Å². The average Bonchev–Trinajstić information content (AvgIpc) is 2.49. The van der Waals surface area contributed by atoms with E-state index in [1.807, 2.05) is 0 Å². The molecule has 0 aromatic carbocycles. The van der Waals surface area contributed by atoms with Gasteiger partial charge in [-0.25, -0.2) is 0 Å². The fourth-order valence-electron chi connectivity index (χ4n) is 4.16. The van der Waals surface area contributed by atoms with Crippen LogP contribution in [-0.2, 0) is 43.1 Å². The Hall–Kier alpha value is -4.04. The van der Waals surface area contributed by atoms with Crippen molar-refractivity contribution in [3.05, 3.63) is 0 Å². The van der Waals surface area contributed by atoms with Crippen molar-refractivity contribution in [2.45, 2.75) is 0 Å². The molecule has 0 amide bonds. The molecule has 0 heterocycles. The highest BCUT2D eigenvalue weighted by Gasteiger charge is 2.67. The minimum atomic E-state index is -2.14. The molecule has 31 heavy (non-hydrogen) atoms. The Kier molecular flexibility index (Phi) is 6.00. The van der Waals surface area contributed by atoms with E-state index in [1.54, 1.807) is 0 Å². The van der Waals surface area contributed by atoms with Crippen LogP contribution in [0.1, 0.15) is 0 Å². The van der Waals surface area contributed by atoms with E-state index in [0.717, 1.165) is 0 Å². The lowest BCUT2D eigenvalue weighted by atomic mass is 9.55. The van der Waals surface area contributed by atoms with Gasteiger partial charge in [-0.3, -0.25) is 38.4 Å². The third-order valence-electron chi connectivity index (χ3n) is 5.55. The summed E-state index contributed by atoms with van der Waals surface area (Å²) in [5.74, 6) is -31.5. The normalized spacial score (nSPS) is 33.7. The van der Waals surface area contributed by atoms with Crippen LogP contribution in [0.3, 0.4) is 0 Å². The largest absolute Gasteiger partial charge is 0.481 e. The monoisotopic (exact) mass is 446 g/mol. The standard InChI is InChI=1S/C16H14O15/c17-9(18)1-3(11(21)22)7(4(1)12(23)24)15(29)31-16(30)8-5(13(25)26)2(10(19)20)6(8)14(27)28/h1-8H,(H,17,18)(H,19,20)(H,21,22)(H,23,24)(H,25,26)(H,27,28). The van der Waals surface area contributed by atoms with Gasteiger partial charge < -0.3 is 35.4 Å². The number of rotatable bonds is 8. The van der Waals surface area contributed by atoms with Crippen LogP contribution >= 0.6 is 0 Å². The summed E-state index contributed by atoms with van der Waals surface area (Å²) < 4.78 is 4.32. The molecule has 0 aromatic heterocycles. The molecule has 15 heteroatoms. The third-order valence-corrected chi connectivity index (χ3v) is 5.55. The van der Waals surface area contributed by atoms with Gasteiger partial charge in [0.2, 0.25) is 0 Å². The molecular formula is C16H14O15. The summed E-state index contributed by atoms with van der Waals surface area (Å²) in [7, 11) is 0. The third kappa shape index (κ3) is 3.64. The zero-order chi connectivity index (χ0) is 23.9. The first-order valence-electron chi connectivity index (χ1n) is 8.36. The predicted octanol–water partition coefficient (Wildman–Crippen LogP) is -2.48. The number of hydrogen-bond donors (Lipinski definition) is 6. The summed E-state index contributed by atoms with van der Waals surface area (Å²) in [6.45, 7) is 0. The van der Waals surface area contributed by atoms with Crippen LogP contribution in [0.2, 0.25) is 0 Å². The highest BCUT2D eigenvalue weighted by Crippen LogP contribution is 2.50. The molecule has 2 fully saturated rings. The predicted molar refractivity (Wildman–Crippen MR) is 84.8 cm³/mol. The maximum absolute atomic E-state index is 12.3. The van der Waals surface area contributed by atoms with Gasteiger partial charge in [0.05, 0.1) is 47.3 Å². The van der Waals surface area contributed by atoms with Crippen LogP contribution in [0.15, 0.2) is 0 Å². The molecule has 2 aliphatic carbocycles. The minimum Gasteiger partial charge on any atom is -0.481 e. The van der Waals surface area contributed by atoms with Gasteiger partial charge >= 0.3 is 47.8 Å². The summed E-state index contributed by atoms with van der Waals surface area (Å²) in [6.07, 6.45) is 0. The fraction of sp³-hybridized carbons (Fsp3) is 0.500. The Morgan fingerprint density at radius 2 is 0.516 bits per heavy atom. The first kappa shape index (κ1) is 23.2. The number of hydrogen-bond acceptors (Lipinski definition) is 9. The number of esters is 2. The molecule has 2 saturated carbocycles. The fourth-order valence-corrected chi connectivity index (χ4v) is 4.16. The zero-order valence-corrected chi connectivity index (χ0v) is 15.0. The lowest BCUT2D eigenvalue weighted by Crippen LogP contribution is -2.62. The Morgan fingerprint density at radius 1 is 0.355 bits per heavy atom. The van der Waals surface area contributed by atoms with Crippen LogP contribution in [0, 0.1) is 47.3 Å². The first-order valence-corrected chi connectivity index (χ1v) is 8.36. The van der Waals surface area contributed by atoms with Gasteiger partial charge in [0.1, 0.15) is 0 Å². The van der Waals surface area contributed by atoms with Gasteiger partial charge in [-0.05, 0) is 0 Å². The quantitative estimate of drug-likeness (QED) is 0.166. The van der Waals surface area contributed by atoms with Gasteiger partial charge in [-0.15, -0.1) is 0 Å². The molecule has 0 saturated heterocycles. The smallest absolute Gasteiger partial charge is 0.318 e. The van der Waals surface area contributed by atoms with E-state index in [2.05, 4.69) is 4.74 Å². The highest BCUT2D eigenvalue weighted by atomic mass is 16.6. The second kappa shape index (κ2) is 8.00. The van der Waals surface area contributed by atoms with E-state index in [-0.39, 0.29) is 0 Å². The Balaban J connectivity index is 2.30. The molecule has 0 spiro atoms. The SMILES string of the molecule is O=C(O)C1C(C(=O)O)C(C(=O)OC(=O)C2C(C(=O)O)C(C(=O)O)C2C(=O)O)C1C(=O)O. The second-order valence-corrected chi connectivity index (χ2v) is 6.98. The Labute approximate surface area is 169 Å². The van der Waals surface area contributed by atoms with Gasteiger partial charge in [0, 0.05) is 0 Å². The first-order chi connectivity index (χ1) is 14.2. The summed E-state index contributed by atoms with van der Waals surface area (Å²) in [5.41, 5.74) is 0. The molecule has 0 radical (unpaired) electrons. The van der Waals surface area contributed by atoms with Crippen molar-refractivity contribution >= 4 is 47.8 Å². The molecule has 15 nitrogen and oxygen atoms in total. The topological polar surface area (TPSA) is 267 Å². The lowest BCUT2D eigenvalue weighted by Gasteiger charge is -2.45. The summed E-state index contributed by atoms with van der Waals surface area (Å²) in [6, 6.07) is 0. The maximum atomic E-state index is 12.3. The van der Waals surface area contributed by atoms with Crippen molar-refractivity contribution in [3.63, 3.8) is 0 Å². The van der Waals surface area contributed by atoms with Crippen molar-refractivity contribution < 1.29 is 73.7 Å². The van der Waals surface area contributed by atoms with Crippen LogP contribution in [0.5, 0.6) is 0 Å². The van der Waals surface area contributed by atoms with Crippen molar-refractivity contribution in [2.75, 3.05) is 0 Å². The molecule has 2 aliphatic rings. The molecule has 4 unspecified atom stereocenters. The van der Waals surface area contributed by atoms with E-state index < -0.39 is 95.1 Å². The van der Waals surface area contributed by atoms with Crippen molar-refractivity contribution in [2.24, 2.45) is 47.3 Å². The molecule has 0 aromatic rings. The second-order valence-electron chi connectivity index (χ2n) is 6.98. The van der Waals surface area contributed by atoms with E-state index in [1.165, 1.54) is 0 Å². The average molecular weight is 446 g/mol. The van der Waals surface area contributed by atoms with Gasteiger partial charge in [-0.1, -0.05) is 0 Å². The van der Waals surface area contributed by atoms with E-state index in [4.69, 9.17) is 30.6 Å². The van der Waals surface area contributed by atoms with Gasteiger partial charge in [-0.2, -0.15) is 0 Å². The molecule has 0 bridgehead atoms. The van der Waals surface area contributed by atoms with Crippen LogP contribution in [0.25, 0.3) is 0 Å². The van der Waals surface area contributed by atoms with E-state index >= 15 is 0 Å². The zero-order valence-electron chi connectivity index (χ0n) is 15.0. The molecule has 4 atom stereocenters. The Morgan fingerprint density at radius 3 is 0.677 bits per heavy atom. The van der Waals surface area contributed by atoms with Crippen molar-refractivity contribution in [1.82, 2.24) is 0 Å². The number of carbonyl (C=O) groups excluding carboxylic acids is 2. The highest BCUT2D eigenvalue weighted by molar-refractivity contribution is 6.02. The molecule has 0 aliphatic heterocycles. The lowest BCUT2D eigenvalue weighted by molar-refractivity contribution is -0.203.